The lowest BCUT2D eigenvalue weighted by atomic mass is 9.84. The monoisotopic (exact) mass is 451 g/mol. The number of hydrogen-bond acceptors (Lipinski definition) is 8. The summed E-state index contributed by atoms with van der Waals surface area (Å²) in [6, 6.07) is 1.93. The minimum atomic E-state index is -0.323. The number of aliphatic imine (C=N–C) groups is 1. The van der Waals surface area contributed by atoms with Gasteiger partial charge >= 0.3 is 0 Å². The molecule has 2 saturated heterocycles. The maximum Gasteiger partial charge on any atom is 0.176 e. The van der Waals surface area contributed by atoms with Crippen molar-refractivity contribution in [1.29, 1.82) is 0 Å². The first-order chi connectivity index (χ1) is 15.9. The summed E-state index contributed by atoms with van der Waals surface area (Å²) in [5.41, 5.74) is 2.54. The van der Waals surface area contributed by atoms with E-state index >= 15 is 0 Å². The highest BCUT2D eigenvalue weighted by Crippen LogP contribution is 2.48. The van der Waals surface area contributed by atoms with Crippen molar-refractivity contribution < 1.29 is 14.2 Å². The first-order valence-electron chi connectivity index (χ1n) is 11.8. The van der Waals surface area contributed by atoms with Crippen LogP contribution in [0.25, 0.3) is 0 Å². The summed E-state index contributed by atoms with van der Waals surface area (Å²) in [6.45, 7) is 9.39. The molecule has 0 unspecified atom stereocenters. The van der Waals surface area contributed by atoms with Crippen molar-refractivity contribution in [3.05, 3.63) is 23.5 Å². The van der Waals surface area contributed by atoms with Crippen molar-refractivity contribution in [3.8, 4) is 17.6 Å². The second kappa shape index (κ2) is 9.05. The van der Waals surface area contributed by atoms with E-state index in [1.807, 2.05) is 6.07 Å². The van der Waals surface area contributed by atoms with Gasteiger partial charge in [0.2, 0.25) is 0 Å². The molecule has 1 aromatic heterocycles. The molecule has 8 heteroatoms. The summed E-state index contributed by atoms with van der Waals surface area (Å²) in [7, 11) is 0. The van der Waals surface area contributed by atoms with Gasteiger partial charge in [0.15, 0.2) is 6.29 Å². The number of hydrazone groups is 1. The third-order valence-electron chi connectivity index (χ3n) is 6.47. The summed E-state index contributed by atoms with van der Waals surface area (Å²) in [4.78, 5) is 11.4. The van der Waals surface area contributed by atoms with Crippen LogP contribution >= 0.6 is 0 Å². The second-order valence-electron chi connectivity index (χ2n) is 10.6. The number of nitrogens with two attached hydrogens (primary N) is 1. The van der Waals surface area contributed by atoms with Crippen LogP contribution in [0.15, 0.2) is 22.4 Å². The van der Waals surface area contributed by atoms with Gasteiger partial charge in [0.25, 0.3) is 0 Å². The third kappa shape index (κ3) is 5.72. The number of aromatic nitrogens is 1. The highest BCUT2D eigenvalue weighted by molar-refractivity contribution is 6.38. The molecule has 0 atom stereocenters. The van der Waals surface area contributed by atoms with Crippen LogP contribution in [-0.4, -0.2) is 73.6 Å². The molecule has 4 fully saturated rings. The van der Waals surface area contributed by atoms with Crippen molar-refractivity contribution in [2.24, 2.45) is 26.8 Å². The van der Waals surface area contributed by atoms with Crippen LogP contribution in [0.1, 0.15) is 50.8 Å². The van der Waals surface area contributed by atoms with Gasteiger partial charge in [0.1, 0.15) is 17.2 Å². The molecule has 0 aromatic carbocycles. The van der Waals surface area contributed by atoms with E-state index in [9.17, 15) is 0 Å². The summed E-state index contributed by atoms with van der Waals surface area (Å²) in [6.07, 6.45) is 7.72. The molecule has 0 bridgehead atoms. The molecule has 2 saturated carbocycles. The topological polar surface area (TPSA) is 94.6 Å². The first kappa shape index (κ1) is 22.3. The predicted octanol–water partition coefficient (Wildman–Crippen LogP) is 2.20. The minimum Gasteiger partial charge on any atom is -0.488 e. The molecule has 1 aromatic rings. The smallest absolute Gasteiger partial charge is 0.176 e. The minimum absolute atomic E-state index is 0.215. The van der Waals surface area contributed by atoms with Crippen LogP contribution in [0.5, 0.6) is 5.75 Å². The Balaban J connectivity index is 1.22. The molecule has 5 rings (SSSR count). The fourth-order valence-corrected chi connectivity index (χ4v) is 4.27. The Morgan fingerprint density at radius 3 is 2.70 bits per heavy atom. The molecule has 4 aliphatic rings. The van der Waals surface area contributed by atoms with Crippen LogP contribution in [0.3, 0.4) is 0 Å². The maximum atomic E-state index is 6.10. The molecule has 1 spiro atoms. The van der Waals surface area contributed by atoms with Crippen LogP contribution in [0, 0.1) is 22.7 Å². The summed E-state index contributed by atoms with van der Waals surface area (Å²) in [5.74, 6) is 12.8. The highest BCUT2D eigenvalue weighted by atomic mass is 16.7. The zero-order valence-electron chi connectivity index (χ0n) is 19.5. The van der Waals surface area contributed by atoms with Crippen molar-refractivity contribution in [2.45, 2.75) is 51.9 Å². The Morgan fingerprint density at radius 1 is 1.30 bits per heavy atom. The zero-order valence-corrected chi connectivity index (χ0v) is 19.5. The lowest BCUT2D eigenvalue weighted by Gasteiger charge is -2.44. The standard InChI is InChI=1S/C25H33N5O3/c1-24(2)14-30(15-24)9-3-4-18-10-21(33-19-5-6-19)23(28-11-18)20(29-26)12-27-13-22-31-16-25(7-8-25)17-32-22/h10-12,19,22H,5-9,13-17,26H2,1-2H3/b27-12?,29-20+. The van der Waals surface area contributed by atoms with E-state index in [4.69, 9.17) is 20.1 Å². The van der Waals surface area contributed by atoms with Crippen molar-refractivity contribution in [2.75, 3.05) is 39.4 Å². The fraction of sp³-hybridized carbons (Fsp3) is 0.640. The van der Waals surface area contributed by atoms with Gasteiger partial charge in [0, 0.05) is 30.3 Å². The number of nitrogens with zero attached hydrogens (tertiary/aromatic N) is 4. The predicted molar refractivity (Wildman–Crippen MR) is 126 cm³/mol. The van der Waals surface area contributed by atoms with Gasteiger partial charge in [-0.15, -0.1) is 0 Å². The normalized spacial score (nSPS) is 24.4. The molecule has 176 valence electrons. The average Bonchev–Trinajstić information content (AvgIpc) is 3.71. The zero-order chi connectivity index (χ0) is 22.9. The van der Waals surface area contributed by atoms with Crippen LogP contribution < -0.4 is 10.6 Å². The maximum absolute atomic E-state index is 6.10. The molecule has 2 aliphatic heterocycles. The Morgan fingerprint density at radius 2 is 2.06 bits per heavy atom. The summed E-state index contributed by atoms with van der Waals surface area (Å²) >= 11 is 0. The van der Waals surface area contributed by atoms with Gasteiger partial charge in [-0.25, -0.2) is 4.98 Å². The molecular formula is C25H33N5O3. The molecule has 8 nitrogen and oxygen atoms in total. The molecule has 0 radical (unpaired) electrons. The van der Waals surface area contributed by atoms with E-state index in [-0.39, 0.29) is 17.8 Å². The second-order valence-corrected chi connectivity index (χ2v) is 10.6. The SMILES string of the molecule is CC1(C)CN(CC#Cc2cnc(/C(C=NCC3OCC4(CC4)CO3)=N/N)c(OC3CC3)c2)C1. The molecule has 0 amide bonds. The van der Waals surface area contributed by atoms with Gasteiger partial charge in [-0.1, -0.05) is 25.7 Å². The lowest BCUT2D eigenvalue weighted by Crippen LogP contribution is -2.52. The number of rotatable bonds is 7. The van der Waals surface area contributed by atoms with E-state index in [0.29, 0.717) is 29.1 Å². The molecule has 2 aliphatic carbocycles. The molecular weight excluding hydrogens is 418 g/mol. The van der Waals surface area contributed by atoms with Gasteiger partial charge in [0.05, 0.1) is 38.6 Å². The average molecular weight is 452 g/mol. The number of hydrogen-bond donors (Lipinski definition) is 1. The number of likely N-dealkylation sites (tertiary alicyclic amines) is 1. The number of pyridine rings is 1. The Kier molecular flexibility index (Phi) is 6.12. The third-order valence-corrected chi connectivity index (χ3v) is 6.47. The fourth-order valence-electron chi connectivity index (χ4n) is 4.27. The Bertz CT molecular complexity index is 983. The summed E-state index contributed by atoms with van der Waals surface area (Å²) in [5, 5.41) is 3.91. The van der Waals surface area contributed by atoms with E-state index in [1.54, 1.807) is 12.4 Å². The van der Waals surface area contributed by atoms with Crippen LogP contribution in [-0.2, 0) is 9.47 Å². The van der Waals surface area contributed by atoms with Crippen molar-refractivity contribution >= 4 is 11.9 Å². The molecule has 2 N–H and O–H groups in total. The molecule has 3 heterocycles. The van der Waals surface area contributed by atoms with E-state index in [2.05, 4.69) is 45.7 Å². The molecule has 33 heavy (non-hydrogen) atoms. The van der Waals surface area contributed by atoms with Gasteiger partial charge in [-0.2, -0.15) is 5.10 Å². The highest BCUT2D eigenvalue weighted by Gasteiger charge is 2.46. The van der Waals surface area contributed by atoms with E-state index in [0.717, 1.165) is 51.3 Å². The van der Waals surface area contributed by atoms with Gasteiger partial charge in [-0.05, 0) is 37.2 Å². The van der Waals surface area contributed by atoms with Crippen LogP contribution in [0.2, 0.25) is 0 Å². The first-order valence-corrected chi connectivity index (χ1v) is 11.8. The summed E-state index contributed by atoms with van der Waals surface area (Å²) < 4.78 is 17.7. The quantitative estimate of drug-likeness (QED) is 0.296. The van der Waals surface area contributed by atoms with Crippen LogP contribution in [0.4, 0.5) is 0 Å². The van der Waals surface area contributed by atoms with E-state index in [1.165, 1.54) is 12.8 Å². The largest absolute Gasteiger partial charge is 0.488 e. The Labute approximate surface area is 195 Å². The Hall–Kier alpha value is -2.47. The lowest BCUT2D eigenvalue weighted by molar-refractivity contribution is -0.201. The van der Waals surface area contributed by atoms with Crippen molar-refractivity contribution in [1.82, 2.24) is 9.88 Å². The van der Waals surface area contributed by atoms with Gasteiger partial charge < -0.3 is 20.1 Å². The van der Waals surface area contributed by atoms with Gasteiger partial charge in [-0.3, -0.25) is 9.89 Å². The van der Waals surface area contributed by atoms with E-state index < -0.39 is 0 Å². The number of ether oxygens (including phenoxy) is 3. The van der Waals surface area contributed by atoms with Crippen molar-refractivity contribution in [3.63, 3.8) is 0 Å².